The molecule has 3 atom stereocenters. The van der Waals surface area contributed by atoms with Crippen LogP contribution in [0.2, 0.25) is 0 Å². The molecule has 0 bridgehead atoms. The lowest BCUT2D eigenvalue weighted by atomic mass is 9.98. The number of ether oxygens (including phenoxy) is 1. The van der Waals surface area contributed by atoms with E-state index in [2.05, 4.69) is 16.0 Å². The van der Waals surface area contributed by atoms with E-state index < -0.39 is 48.5 Å². The van der Waals surface area contributed by atoms with Gasteiger partial charge in [-0.1, -0.05) is 88.4 Å². The first-order chi connectivity index (χ1) is 18.6. The highest BCUT2D eigenvalue weighted by molar-refractivity contribution is 5.94. The third kappa shape index (κ3) is 11.7. The summed E-state index contributed by atoms with van der Waals surface area (Å²) in [5.74, 6) is -1.79. The maximum atomic E-state index is 13.3. The van der Waals surface area contributed by atoms with Gasteiger partial charge in [-0.25, -0.2) is 9.18 Å². The molecular formula is C30H40FN3O5. The van der Waals surface area contributed by atoms with E-state index >= 15 is 0 Å². The van der Waals surface area contributed by atoms with E-state index in [0.717, 1.165) is 11.1 Å². The van der Waals surface area contributed by atoms with Crippen molar-refractivity contribution in [2.75, 3.05) is 6.67 Å². The number of amides is 3. The van der Waals surface area contributed by atoms with Crippen LogP contribution in [0.25, 0.3) is 0 Å². The number of alkyl halides is 1. The van der Waals surface area contributed by atoms with E-state index in [0.29, 0.717) is 6.42 Å². The van der Waals surface area contributed by atoms with Crippen molar-refractivity contribution in [3.63, 3.8) is 0 Å². The number of Topliss-reactive ketones (excluding diaryl/α,β-unsaturated/α-hetero) is 1. The smallest absolute Gasteiger partial charge is 0.408 e. The van der Waals surface area contributed by atoms with Crippen molar-refractivity contribution >= 4 is 23.7 Å². The third-order valence-corrected chi connectivity index (χ3v) is 5.99. The van der Waals surface area contributed by atoms with Crippen LogP contribution in [0.3, 0.4) is 0 Å². The first-order valence-corrected chi connectivity index (χ1v) is 13.3. The fourth-order valence-electron chi connectivity index (χ4n) is 4.05. The molecule has 2 aromatic carbocycles. The zero-order chi connectivity index (χ0) is 28.8. The average molecular weight is 542 g/mol. The van der Waals surface area contributed by atoms with Crippen LogP contribution in [0.15, 0.2) is 60.7 Å². The van der Waals surface area contributed by atoms with Crippen molar-refractivity contribution in [1.82, 2.24) is 16.0 Å². The molecule has 39 heavy (non-hydrogen) atoms. The highest BCUT2D eigenvalue weighted by Gasteiger charge is 2.30. The summed E-state index contributed by atoms with van der Waals surface area (Å²) in [6, 6.07) is 15.1. The Morgan fingerprint density at radius 1 is 0.692 bits per heavy atom. The SMILES string of the molecule is CC(C)C[C@H](NC(=O)OCc1ccccc1)C(=O)N[C@@H](CC(C)C)C(=O)N[C@H](Cc1ccccc1)C(=O)CF. The molecule has 2 rings (SSSR count). The van der Waals surface area contributed by atoms with Gasteiger partial charge in [0.05, 0.1) is 6.04 Å². The molecule has 0 saturated carbocycles. The topological polar surface area (TPSA) is 114 Å². The number of benzene rings is 2. The van der Waals surface area contributed by atoms with Gasteiger partial charge in [0.15, 0.2) is 5.78 Å². The van der Waals surface area contributed by atoms with E-state index in [1.165, 1.54) is 0 Å². The van der Waals surface area contributed by atoms with Gasteiger partial charge >= 0.3 is 6.09 Å². The fourth-order valence-corrected chi connectivity index (χ4v) is 4.05. The van der Waals surface area contributed by atoms with Gasteiger partial charge in [-0.2, -0.15) is 0 Å². The molecule has 0 fully saturated rings. The quantitative estimate of drug-likeness (QED) is 0.314. The van der Waals surface area contributed by atoms with Crippen LogP contribution in [0.1, 0.15) is 51.7 Å². The molecule has 0 aromatic heterocycles. The van der Waals surface area contributed by atoms with Crippen LogP contribution in [0.5, 0.6) is 0 Å². The van der Waals surface area contributed by atoms with E-state index in [9.17, 15) is 23.6 Å². The average Bonchev–Trinajstić information content (AvgIpc) is 2.91. The van der Waals surface area contributed by atoms with Gasteiger partial charge in [-0.15, -0.1) is 0 Å². The zero-order valence-electron chi connectivity index (χ0n) is 23.1. The maximum Gasteiger partial charge on any atom is 0.408 e. The molecule has 0 heterocycles. The van der Waals surface area contributed by atoms with Gasteiger partial charge in [0.1, 0.15) is 25.4 Å². The molecular weight excluding hydrogens is 501 g/mol. The van der Waals surface area contributed by atoms with Crippen molar-refractivity contribution in [2.24, 2.45) is 11.8 Å². The summed E-state index contributed by atoms with van der Waals surface area (Å²) in [6.45, 7) is 6.44. The molecule has 0 aliphatic carbocycles. The summed E-state index contributed by atoms with van der Waals surface area (Å²) in [6.07, 6.45) is -0.0189. The van der Waals surface area contributed by atoms with Gasteiger partial charge in [0.2, 0.25) is 11.8 Å². The molecule has 3 amide bonds. The number of carbonyl (C=O) groups excluding carboxylic acids is 4. The lowest BCUT2D eigenvalue weighted by Crippen LogP contribution is -2.56. The number of hydrogen-bond donors (Lipinski definition) is 3. The summed E-state index contributed by atoms with van der Waals surface area (Å²) < 4.78 is 18.6. The summed E-state index contributed by atoms with van der Waals surface area (Å²) in [7, 11) is 0. The lowest BCUT2D eigenvalue weighted by molar-refractivity contribution is -0.132. The fraction of sp³-hybridized carbons (Fsp3) is 0.467. The minimum absolute atomic E-state index is 0.0258. The normalized spacial score (nSPS) is 13.3. The van der Waals surface area contributed by atoms with Crippen LogP contribution in [-0.4, -0.2) is 48.5 Å². The molecule has 0 unspecified atom stereocenters. The number of alkyl carbamates (subject to hydrolysis) is 1. The highest BCUT2D eigenvalue weighted by atomic mass is 19.1. The van der Waals surface area contributed by atoms with E-state index in [1.54, 1.807) is 24.3 Å². The second-order valence-corrected chi connectivity index (χ2v) is 10.4. The Morgan fingerprint density at radius 3 is 1.64 bits per heavy atom. The predicted molar refractivity (Wildman–Crippen MR) is 147 cm³/mol. The Labute approximate surface area is 230 Å². The second kappa shape index (κ2) is 16.3. The Kier molecular flexibility index (Phi) is 13.1. The van der Waals surface area contributed by atoms with Crippen LogP contribution in [-0.2, 0) is 32.1 Å². The zero-order valence-corrected chi connectivity index (χ0v) is 23.1. The molecule has 3 N–H and O–H groups in total. The Morgan fingerprint density at radius 2 is 1.15 bits per heavy atom. The van der Waals surface area contributed by atoms with E-state index in [1.807, 2.05) is 64.1 Å². The number of halogens is 1. The Hall–Kier alpha value is -3.75. The Balaban J connectivity index is 2.10. The maximum absolute atomic E-state index is 13.3. The van der Waals surface area contributed by atoms with Crippen LogP contribution < -0.4 is 16.0 Å². The summed E-state index contributed by atoms with van der Waals surface area (Å²) in [4.78, 5) is 51.3. The van der Waals surface area contributed by atoms with Gasteiger partial charge in [-0.05, 0) is 42.2 Å². The summed E-state index contributed by atoms with van der Waals surface area (Å²) in [5.41, 5.74) is 1.57. The molecule has 0 radical (unpaired) electrons. The monoisotopic (exact) mass is 541 g/mol. The van der Waals surface area contributed by atoms with Crippen molar-refractivity contribution in [3.05, 3.63) is 71.8 Å². The molecule has 0 saturated heterocycles. The van der Waals surface area contributed by atoms with Gasteiger partial charge in [-0.3, -0.25) is 14.4 Å². The molecule has 212 valence electrons. The molecule has 2 aromatic rings. The molecule has 9 heteroatoms. The molecule has 8 nitrogen and oxygen atoms in total. The molecule has 0 aliphatic rings. The Bertz CT molecular complexity index is 1060. The van der Waals surface area contributed by atoms with Crippen molar-refractivity contribution in [2.45, 2.75) is 71.7 Å². The van der Waals surface area contributed by atoms with Gasteiger partial charge in [0, 0.05) is 0 Å². The molecule has 0 spiro atoms. The molecule has 0 aliphatic heterocycles. The van der Waals surface area contributed by atoms with Crippen LogP contribution in [0.4, 0.5) is 9.18 Å². The van der Waals surface area contributed by atoms with Gasteiger partial charge in [0.25, 0.3) is 0 Å². The number of hydrogen-bond acceptors (Lipinski definition) is 5. The van der Waals surface area contributed by atoms with Crippen LogP contribution >= 0.6 is 0 Å². The second-order valence-electron chi connectivity index (χ2n) is 10.4. The van der Waals surface area contributed by atoms with Crippen molar-refractivity contribution in [1.29, 1.82) is 0 Å². The van der Waals surface area contributed by atoms with Crippen molar-refractivity contribution < 1.29 is 28.3 Å². The number of ketones is 1. The van der Waals surface area contributed by atoms with E-state index in [-0.39, 0.29) is 31.3 Å². The van der Waals surface area contributed by atoms with Crippen LogP contribution in [0, 0.1) is 11.8 Å². The summed E-state index contributed by atoms with van der Waals surface area (Å²) in [5, 5.41) is 7.97. The largest absolute Gasteiger partial charge is 0.445 e. The predicted octanol–water partition coefficient (Wildman–Crippen LogP) is 4.12. The standard InChI is InChI=1S/C30H40FN3O5/c1-20(2)15-25(28(36)32-24(27(35)18-31)17-22-11-7-5-8-12-22)33-29(37)26(16-21(3)4)34-30(38)39-19-23-13-9-6-10-14-23/h5-14,20-21,24-26H,15-19H2,1-4H3,(H,32,36)(H,33,37)(H,34,38)/t24-,25+,26+/m1/s1. The number of nitrogens with one attached hydrogen (secondary N) is 3. The first kappa shape index (κ1) is 31.5. The van der Waals surface area contributed by atoms with Gasteiger partial charge < -0.3 is 20.7 Å². The number of rotatable bonds is 15. The summed E-state index contributed by atoms with van der Waals surface area (Å²) >= 11 is 0. The first-order valence-electron chi connectivity index (χ1n) is 13.3. The van der Waals surface area contributed by atoms with E-state index in [4.69, 9.17) is 4.74 Å². The highest BCUT2D eigenvalue weighted by Crippen LogP contribution is 2.11. The van der Waals surface area contributed by atoms with Crippen molar-refractivity contribution in [3.8, 4) is 0 Å². The minimum Gasteiger partial charge on any atom is -0.445 e. The number of carbonyl (C=O) groups is 4. The third-order valence-electron chi connectivity index (χ3n) is 5.99. The minimum atomic E-state index is -1.22. The lowest BCUT2D eigenvalue weighted by Gasteiger charge is -2.26.